The summed E-state index contributed by atoms with van der Waals surface area (Å²) in [5.74, 6) is 0.588. The predicted molar refractivity (Wildman–Crippen MR) is 93.5 cm³/mol. The standard InChI is InChI=1S/C18H18N2O5S/c21-18-17(13-4-2-1-3-5-13)20(9-8-19-18)26(22,23)14-6-7-15-16(12-14)25-11-10-24-15/h1-7,12,17H,8-11H2,(H,19,21)/t17-/m1/s1. The van der Waals surface area contributed by atoms with Gasteiger partial charge in [0.25, 0.3) is 0 Å². The van der Waals surface area contributed by atoms with Crippen LogP contribution in [-0.2, 0) is 14.8 Å². The summed E-state index contributed by atoms with van der Waals surface area (Å²) in [5, 5.41) is 2.74. The molecule has 1 amide bonds. The number of nitrogens with one attached hydrogen (secondary N) is 1. The van der Waals surface area contributed by atoms with Crippen molar-refractivity contribution in [1.82, 2.24) is 9.62 Å². The Bertz CT molecular complexity index is 930. The van der Waals surface area contributed by atoms with Gasteiger partial charge >= 0.3 is 0 Å². The topological polar surface area (TPSA) is 84.9 Å². The first-order valence-corrected chi connectivity index (χ1v) is 9.75. The van der Waals surface area contributed by atoms with Crippen LogP contribution < -0.4 is 14.8 Å². The number of carbonyl (C=O) groups is 1. The van der Waals surface area contributed by atoms with Gasteiger partial charge in [-0.05, 0) is 17.7 Å². The first-order chi connectivity index (χ1) is 12.6. The molecule has 1 fully saturated rings. The molecule has 4 rings (SSSR count). The predicted octanol–water partition coefficient (Wildman–Crippen LogP) is 1.32. The maximum Gasteiger partial charge on any atom is 0.244 e. The van der Waals surface area contributed by atoms with Gasteiger partial charge in [0, 0.05) is 19.2 Å². The number of nitrogens with zero attached hydrogens (tertiary/aromatic N) is 1. The van der Waals surface area contributed by atoms with E-state index in [0.717, 1.165) is 0 Å². The summed E-state index contributed by atoms with van der Waals surface area (Å²) in [7, 11) is -3.89. The van der Waals surface area contributed by atoms with Gasteiger partial charge in [-0.1, -0.05) is 30.3 Å². The van der Waals surface area contributed by atoms with Crippen molar-refractivity contribution in [3.63, 3.8) is 0 Å². The first-order valence-electron chi connectivity index (χ1n) is 8.31. The summed E-state index contributed by atoms with van der Waals surface area (Å²) in [6.45, 7) is 1.27. The quantitative estimate of drug-likeness (QED) is 0.876. The van der Waals surface area contributed by atoms with Crippen molar-refractivity contribution in [1.29, 1.82) is 0 Å². The number of benzene rings is 2. The van der Waals surface area contributed by atoms with Crippen LogP contribution >= 0.6 is 0 Å². The van der Waals surface area contributed by atoms with Crippen molar-refractivity contribution in [3.05, 3.63) is 54.1 Å². The third-order valence-electron chi connectivity index (χ3n) is 4.40. The Kier molecular flexibility index (Phi) is 4.29. The van der Waals surface area contributed by atoms with E-state index in [-0.39, 0.29) is 23.9 Å². The highest BCUT2D eigenvalue weighted by molar-refractivity contribution is 7.89. The average molecular weight is 374 g/mol. The Hall–Kier alpha value is -2.58. The lowest BCUT2D eigenvalue weighted by Crippen LogP contribution is -2.52. The summed E-state index contributed by atoms with van der Waals surface area (Å²) in [6, 6.07) is 12.5. The van der Waals surface area contributed by atoms with Gasteiger partial charge in [-0.15, -0.1) is 0 Å². The molecule has 136 valence electrons. The summed E-state index contributed by atoms with van der Waals surface area (Å²) in [6.07, 6.45) is 0. The second-order valence-electron chi connectivity index (χ2n) is 6.03. The Labute approximate surface area is 151 Å². The molecule has 2 aliphatic rings. The molecular formula is C18H18N2O5S. The normalized spacial score (nSPS) is 20.5. The largest absolute Gasteiger partial charge is 0.486 e. The Morgan fingerprint density at radius 1 is 1.00 bits per heavy atom. The summed E-state index contributed by atoms with van der Waals surface area (Å²) in [5.41, 5.74) is 0.630. The zero-order chi connectivity index (χ0) is 18.1. The molecule has 0 aromatic heterocycles. The van der Waals surface area contributed by atoms with Crippen LogP contribution in [0.25, 0.3) is 0 Å². The number of amides is 1. The number of hydrogen-bond donors (Lipinski definition) is 1. The zero-order valence-corrected chi connectivity index (χ0v) is 14.7. The Balaban J connectivity index is 1.75. The lowest BCUT2D eigenvalue weighted by Gasteiger charge is -2.34. The van der Waals surface area contributed by atoms with Gasteiger partial charge in [-0.2, -0.15) is 4.31 Å². The van der Waals surface area contributed by atoms with E-state index in [4.69, 9.17) is 9.47 Å². The zero-order valence-electron chi connectivity index (χ0n) is 13.9. The molecule has 0 spiro atoms. The minimum Gasteiger partial charge on any atom is -0.486 e. The van der Waals surface area contributed by atoms with Crippen LogP contribution in [0.4, 0.5) is 0 Å². The molecule has 26 heavy (non-hydrogen) atoms. The molecule has 0 bridgehead atoms. The second kappa shape index (κ2) is 6.62. The fourth-order valence-corrected chi connectivity index (χ4v) is 4.77. The second-order valence-corrected chi connectivity index (χ2v) is 7.92. The maximum atomic E-state index is 13.3. The maximum absolute atomic E-state index is 13.3. The van der Waals surface area contributed by atoms with Crippen LogP contribution in [0.15, 0.2) is 53.4 Å². The molecule has 2 aromatic carbocycles. The summed E-state index contributed by atoms with van der Waals surface area (Å²) < 4.78 is 38.7. The van der Waals surface area contributed by atoms with E-state index in [9.17, 15) is 13.2 Å². The van der Waals surface area contributed by atoms with E-state index in [2.05, 4.69) is 5.32 Å². The molecule has 0 aliphatic carbocycles. The third kappa shape index (κ3) is 2.91. The van der Waals surface area contributed by atoms with Crippen LogP contribution in [0.3, 0.4) is 0 Å². The molecule has 2 aromatic rings. The highest BCUT2D eigenvalue weighted by Gasteiger charge is 2.39. The number of rotatable bonds is 3. The van der Waals surface area contributed by atoms with Crippen LogP contribution in [0, 0.1) is 0 Å². The van der Waals surface area contributed by atoms with E-state index in [1.165, 1.54) is 16.4 Å². The summed E-state index contributed by atoms with van der Waals surface area (Å²) >= 11 is 0. The molecule has 8 heteroatoms. The van der Waals surface area contributed by atoms with E-state index < -0.39 is 16.1 Å². The number of sulfonamides is 1. The van der Waals surface area contributed by atoms with Crippen molar-refractivity contribution in [2.24, 2.45) is 0 Å². The highest BCUT2D eigenvalue weighted by atomic mass is 32.2. The smallest absolute Gasteiger partial charge is 0.244 e. The highest BCUT2D eigenvalue weighted by Crippen LogP contribution is 2.35. The molecule has 0 unspecified atom stereocenters. The van der Waals surface area contributed by atoms with Gasteiger partial charge in [0.2, 0.25) is 15.9 Å². The van der Waals surface area contributed by atoms with E-state index in [1.54, 1.807) is 30.3 Å². The van der Waals surface area contributed by atoms with E-state index in [0.29, 0.717) is 30.3 Å². The van der Waals surface area contributed by atoms with Crippen molar-refractivity contribution in [3.8, 4) is 11.5 Å². The Morgan fingerprint density at radius 2 is 1.73 bits per heavy atom. The molecule has 1 N–H and O–H groups in total. The van der Waals surface area contributed by atoms with Crippen molar-refractivity contribution < 1.29 is 22.7 Å². The Morgan fingerprint density at radius 3 is 2.50 bits per heavy atom. The number of ether oxygens (including phenoxy) is 2. The molecule has 1 atom stereocenters. The van der Waals surface area contributed by atoms with Crippen LogP contribution in [0.5, 0.6) is 11.5 Å². The molecule has 0 saturated carbocycles. The van der Waals surface area contributed by atoms with Gasteiger partial charge in [0.15, 0.2) is 11.5 Å². The van der Waals surface area contributed by atoms with Crippen molar-refractivity contribution >= 4 is 15.9 Å². The number of carbonyl (C=O) groups excluding carboxylic acids is 1. The monoisotopic (exact) mass is 374 g/mol. The lowest BCUT2D eigenvalue weighted by molar-refractivity contribution is -0.126. The molecule has 7 nitrogen and oxygen atoms in total. The summed E-state index contributed by atoms with van der Waals surface area (Å²) in [4.78, 5) is 12.5. The number of piperazine rings is 1. The van der Waals surface area contributed by atoms with Gasteiger partial charge in [0.05, 0.1) is 4.90 Å². The number of hydrogen-bond acceptors (Lipinski definition) is 5. The third-order valence-corrected chi connectivity index (χ3v) is 6.26. The fourth-order valence-electron chi connectivity index (χ4n) is 3.18. The lowest BCUT2D eigenvalue weighted by atomic mass is 10.1. The van der Waals surface area contributed by atoms with Crippen molar-refractivity contribution in [2.45, 2.75) is 10.9 Å². The molecule has 0 radical (unpaired) electrons. The minimum absolute atomic E-state index is 0.0809. The van der Waals surface area contributed by atoms with E-state index in [1.807, 2.05) is 6.07 Å². The molecule has 1 saturated heterocycles. The fraction of sp³-hybridized carbons (Fsp3) is 0.278. The van der Waals surface area contributed by atoms with E-state index >= 15 is 0 Å². The van der Waals surface area contributed by atoms with Crippen LogP contribution in [0.1, 0.15) is 11.6 Å². The number of fused-ring (bicyclic) bond motifs is 1. The van der Waals surface area contributed by atoms with Gasteiger partial charge in [-0.25, -0.2) is 8.42 Å². The SMILES string of the molecule is O=C1NCCN(S(=O)(=O)c2ccc3c(c2)OCCO3)[C@@H]1c1ccccc1. The minimum atomic E-state index is -3.89. The first kappa shape index (κ1) is 16.9. The van der Waals surface area contributed by atoms with Crippen LogP contribution in [-0.4, -0.2) is 44.9 Å². The molecular weight excluding hydrogens is 356 g/mol. The van der Waals surface area contributed by atoms with Crippen molar-refractivity contribution in [2.75, 3.05) is 26.3 Å². The van der Waals surface area contributed by atoms with Gasteiger partial charge < -0.3 is 14.8 Å². The van der Waals surface area contributed by atoms with Gasteiger partial charge in [-0.3, -0.25) is 4.79 Å². The van der Waals surface area contributed by atoms with Crippen LogP contribution in [0.2, 0.25) is 0 Å². The average Bonchev–Trinajstić information content (AvgIpc) is 2.68. The molecule has 2 heterocycles. The molecule has 2 aliphatic heterocycles. The van der Waals surface area contributed by atoms with Gasteiger partial charge in [0.1, 0.15) is 19.3 Å².